The first-order chi connectivity index (χ1) is 11.3. The third-order valence-corrected chi connectivity index (χ3v) is 5.10. The molecule has 3 heterocycles. The number of nitrogens with zero attached hydrogens (tertiary/aromatic N) is 5. The van der Waals surface area contributed by atoms with Crippen LogP contribution in [0.2, 0.25) is 0 Å². The number of carbonyl (C=O) groups excluding carboxylic acids is 1. The van der Waals surface area contributed by atoms with Crippen molar-refractivity contribution in [3.05, 3.63) is 34.9 Å². The Balaban J connectivity index is 1.58. The fraction of sp³-hybridized carbons (Fsp3) is 0.529. The summed E-state index contributed by atoms with van der Waals surface area (Å²) in [6, 6.07) is 4.29. The molecule has 0 spiro atoms. The highest BCUT2D eigenvalue weighted by molar-refractivity contribution is 8.00. The van der Waals surface area contributed by atoms with Crippen LogP contribution in [-0.4, -0.2) is 48.9 Å². The number of carbonyl (C=O) groups is 1. The molecule has 24 heavy (non-hydrogen) atoms. The zero-order chi connectivity index (χ0) is 17.4. The molecule has 0 N–H and O–H groups in total. The molecule has 1 fully saturated rings. The van der Waals surface area contributed by atoms with Crippen LogP contribution in [0.25, 0.3) is 0 Å². The van der Waals surface area contributed by atoms with E-state index in [0.717, 1.165) is 35.9 Å². The van der Waals surface area contributed by atoms with Crippen LogP contribution < -0.4 is 0 Å². The van der Waals surface area contributed by atoms with Gasteiger partial charge in [-0.3, -0.25) is 9.48 Å². The lowest BCUT2D eigenvalue weighted by atomic mass is 10.1. The van der Waals surface area contributed by atoms with Crippen LogP contribution in [0.5, 0.6) is 0 Å². The van der Waals surface area contributed by atoms with Gasteiger partial charge in [0, 0.05) is 30.2 Å². The Hall–Kier alpha value is -1.89. The largest absolute Gasteiger partial charge is 0.337 e. The Morgan fingerprint density at radius 1 is 1.12 bits per heavy atom. The molecule has 0 aliphatic carbocycles. The summed E-state index contributed by atoms with van der Waals surface area (Å²) in [5.41, 5.74) is 4.03. The van der Waals surface area contributed by atoms with Gasteiger partial charge in [-0.15, -0.1) is 0 Å². The Morgan fingerprint density at radius 2 is 1.75 bits per heavy atom. The Labute approximate surface area is 146 Å². The molecule has 0 bridgehead atoms. The lowest BCUT2D eigenvalue weighted by Crippen LogP contribution is -2.53. The first kappa shape index (κ1) is 17.0. The van der Waals surface area contributed by atoms with Crippen molar-refractivity contribution in [1.82, 2.24) is 24.6 Å². The predicted octanol–water partition coefficient (Wildman–Crippen LogP) is 2.47. The van der Waals surface area contributed by atoms with E-state index in [2.05, 4.69) is 28.1 Å². The lowest BCUT2D eigenvalue weighted by Gasteiger charge is -2.40. The van der Waals surface area contributed by atoms with Crippen LogP contribution in [0.1, 0.15) is 35.7 Å². The first-order valence-corrected chi connectivity index (χ1v) is 9.02. The number of hydrogen-bond acceptors (Lipinski definition) is 5. The van der Waals surface area contributed by atoms with Gasteiger partial charge in [0.1, 0.15) is 0 Å². The molecule has 1 amide bonds. The number of aryl methyl sites for hydroxylation is 4. The number of rotatable bonds is 4. The van der Waals surface area contributed by atoms with Crippen molar-refractivity contribution in [3.63, 3.8) is 0 Å². The van der Waals surface area contributed by atoms with Crippen LogP contribution in [0.3, 0.4) is 0 Å². The summed E-state index contributed by atoms with van der Waals surface area (Å²) < 4.78 is 2.03. The Morgan fingerprint density at radius 3 is 2.29 bits per heavy atom. The lowest BCUT2D eigenvalue weighted by molar-refractivity contribution is -0.136. The van der Waals surface area contributed by atoms with E-state index < -0.39 is 0 Å². The molecule has 0 radical (unpaired) electrons. The zero-order valence-corrected chi connectivity index (χ0v) is 15.6. The number of hydrogen-bond donors (Lipinski definition) is 0. The van der Waals surface area contributed by atoms with Gasteiger partial charge >= 0.3 is 0 Å². The topological polar surface area (TPSA) is 63.9 Å². The second-order valence-corrected chi connectivity index (χ2v) is 7.77. The number of aromatic nitrogens is 4. The standard InChI is InChI=1S/C17H23N5OS/c1-10-6-11(2)19-17(18-10)24-14(5)16(23)21-8-15(9-21)22-13(4)7-12(3)20-22/h6-7,14-15H,8-9H2,1-5H3/t14-/m0/s1. The van der Waals surface area contributed by atoms with Crippen molar-refractivity contribution in [1.29, 1.82) is 0 Å². The van der Waals surface area contributed by atoms with E-state index in [0.29, 0.717) is 5.16 Å². The van der Waals surface area contributed by atoms with Gasteiger partial charge in [0.05, 0.1) is 17.0 Å². The molecule has 1 saturated heterocycles. The summed E-state index contributed by atoms with van der Waals surface area (Å²) >= 11 is 1.43. The third kappa shape index (κ3) is 3.45. The van der Waals surface area contributed by atoms with E-state index >= 15 is 0 Å². The summed E-state index contributed by atoms with van der Waals surface area (Å²) in [4.78, 5) is 23.3. The van der Waals surface area contributed by atoms with Gasteiger partial charge in [-0.1, -0.05) is 11.8 Å². The average molecular weight is 345 g/mol. The van der Waals surface area contributed by atoms with E-state index in [9.17, 15) is 4.79 Å². The maximum atomic E-state index is 12.6. The van der Waals surface area contributed by atoms with Gasteiger partial charge in [0.15, 0.2) is 5.16 Å². The van der Waals surface area contributed by atoms with Gasteiger partial charge in [-0.2, -0.15) is 5.10 Å². The molecule has 2 aromatic rings. The molecule has 0 aromatic carbocycles. The fourth-order valence-electron chi connectivity index (χ4n) is 3.02. The van der Waals surface area contributed by atoms with E-state index in [-0.39, 0.29) is 17.2 Å². The second kappa shape index (κ2) is 6.55. The van der Waals surface area contributed by atoms with E-state index in [1.165, 1.54) is 11.8 Å². The fourth-order valence-corrected chi connectivity index (χ4v) is 3.98. The summed E-state index contributed by atoms with van der Waals surface area (Å²) in [5.74, 6) is 0.139. The van der Waals surface area contributed by atoms with Gasteiger partial charge in [-0.25, -0.2) is 9.97 Å². The summed E-state index contributed by atoms with van der Waals surface area (Å²) in [7, 11) is 0. The summed E-state index contributed by atoms with van der Waals surface area (Å²) in [6.07, 6.45) is 0. The molecule has 7 heteroatoms. The molecular weight excluding hydrogens is 322 g/mol. The molecule has 3 rings (SSSR count). The smallest absolute Gasteiger partial charge is 0.236 e. The molecule has 0 unspecified atom stereocenters. The molecule has 6 nitrogen and oxygen atoms in total. The van der Waals surface area contributed by atoms with Gasteiger partial charge < -0.3 is 4.90 Å². The molecule has 2 aromatic heterocycles. The van der Waals surface area contributed by atoms with Crippen LogP contribution in [0.15, 0.2) is 17.3 Å². The molecule has 1 aliphatic rings. The molecule has 1 aliphatic heterocycles. The van der Waals surface area contributed by atoms with Gasteiger partial charge in [0.25, 0.3) is 0 Å². The van der Waals surface area contributed by atoms with Crippen LogP contribution in [-0.2, 0) is 4.79 Å². The van der Waals surface area contributed by atoms with Crippen molar-refractivity contribution in [2.75, 3.05) is 13.1 Å². The number of amides is 1. The minimum Gasteiger partial charge on any atom is -0.337 e. The highest BCUT2D eigenvalue weighted by atomic mass is 32.2. The maximum absolute atomic E-state index is 12.6. The van der Waals surface area contributed by atoms with Crippen molar-refractivity contribution in [3.8, 4) is 0 Å². The molecule has 0 saturated carbocycles. The normalized spacial score (nSPS) is 16.1. The second-order valence-electron chi connectivity index (χ2n) is 6.46. The zero-order valence-electron chi connectivity index (χ0n) is 14.8. The van der Waals surface area contributed by atoms with Gasteiger partial charge in [-0.05, 0) is 46.8 Å². The molecule has 1 atom stereocenters. The highest BCUT2D eigenvalue weighted by Gasteiger charge is 2.35. The monoisotopic (exact) mass is 345 g/mol. The summed E-state index contributed by atoms with van der Waals surface area (Å²) in [5, 5.41) is 4.99. The van der Waals surface area contributed by atoms with E-state index in [1.54, 1.807) is 0 Å². The number of thioether (sulfide) groups is 1. The van der Waals surface area contributed by atoms with Crippen molar-refractivity contribution in [2.45, 2.75) is 51.1 Å². The van der Waals surface area contributed by atoms with Crippen molar-refractivity contribution < 1.29 is 4.79 Å². The van der Waals surface area contributed by atoms with Crippen molar-refractivity contribution in [2.24, 2.45) is 0 Å². The minimum absolute atomic E-state index is 0.139. The van der Waals surface area contributed by atoms with E-state index in [4.69, 9.17) is 0 Å². The number of likely N-dealkylation sites (tertiary alicyclic amines) is 1. The average Bonchev–Trinajstić information content (AvgIpc) is 2.74. The third-order valence-electron chi connectivity index (χ3n) is 4.16. The first-order valence-electron chi connectivity index (χ1n) is 8.14. The quantitative estimate of drug-likeness (QED) is 0.629. The summed E-state index contributed by atoms with van der Waals surface area (Å²) in [6.45, 7) is 11.3. The Kier molecular flexibility index (Phi) is 4.62. The van der Waals surface area contributed by atoms with Gasteiger partial charge in [0.2, 0.25) is 5.91 Å². The van der Waals surface area contributed by atoms with Crippen molar-refractivity contribution >= 4 is 17.7 Å². The maximum Gasteiger partial charge on any atom is 0.236 e. The SMILES string of the molecule is Cc1cc(C)nc(S[C@@H](C)C(=O)N2CC(n3nc(C)cc3C)C2)n1. The Bertz CT molecular complexity index is 746. The highest BCUT2D eigenvalue weighted by Crippen LogP contribution is 2.27. The molecular formula is C17H23N5OS. The van der Waals surface area contributed by atoms with Crippen LogP contribution in [0, 0.1) is 27.7 Å². The minimum atomic E-state index is -0.187. The van der Waals surface area contributed by atoms with Crippen LogP contribution in [0.4, 0.5) is 0 Å². The molecule has 128 valence electrons. The predicted molar refractivity (Wildman–Crippen MR) is 94.1 cm³/mol. The van der Waals surface area contributed by atoms with Crippen LogP contribution >= 0.6 is 11.8 Å². The van der Waals surface area contributed by atoms with E-state index in [1.807, 2.05) is 43.3 Å².